The molecule has 0 bridgehead atoms. The highest BCUT2D eigenvalue weighted by atomic mass is 32.1. The molecular formula is C50H34N2S. The summed E-state index contributed by atoms with van der Waals surface area (Å²) >= 11 is 1.95. The van der Waals surface area contributed by atoms with Gasteiger partial charge < -0.3 is 9.47 Å². The molecule has 7 aromatic carbocycles. The molecule has 12 rings (SSSR count). The van der Waals surface area contributed by atoms with Crippen molar-refractivity contribution in [2.75, 3.05) is 4.90 Å². The smallest absolute Gasteiger partial charge is 0.0716 e. The molecule has 53 heavy (non-hydrogen) atoms. The van der Waals surface area contributed by atoms with E-state index in [1.165, 1.54) is 91.6 Å². The van der Waals surface area contributed by atoms with Gasteiger partial charge in [0, 0.05) is 54.2 Å². The Bertz CT molecular complexity index is 3140. The van der Waals surface area contributed by atoms with Gasteiger partial charge in [-0.25, -0.2) is 0 Å². The molecule has 0 radical (unpaired) electrons. The van der Waals surface area contributed by atoms with Crippen LogP contribution >= 0.6 is 11.3 Å². The molecular weight excluding hydrogens is 661 g/mol. The minimum atomic E-state index is 0.162. The molecule has 2 nitrogen and oxygen atoms in total. The van der Waals surface area contributed by atoms with E-state index in [2.05, 4.69) is 185 Å². The van der Waals surface area contributed by atoms with Crippen molar-refractivity contribution in [2.45, 2.75) is 24.4 Å². The van der Waals surface area contributed by atoms with Gasteiger partial charge in [-0.1, -0.05) is 133 Å². The maximum absolute atomic E-state index is 2.63. The zero-order valence-electron chi connectivity index (χ0n) is 29.0. The largest absolute Gasteiger partial charge is 0.333 e. The normalized spacial score (nSPS) is 18.7. The van der Waals surface area contributed by atoms with Crippen molar-refractivity contribution in [3.05, 3.63) is 196 Å². The van der Waals surface area contributed by atoms with Gasteiger partial charge in [-0.05, 0) is 92.2 Å². The van der Waals surface area contributed by atoms with Crippen LogP contribution in [-0.2, 0) is 0 Å². The number of hydrogen-bond acceptors (Lipinski definition) is 2. The Morgan fingerprint density at radius 1 is 0.566 bits per heavy atom. The van der Waals surface area contributed by atoms with Gasteiger partial charge in [-0.3, -0.25) is 0 Å². The lowest BCUT2D eigenvalue weighted by atomic mass is 9.80. The second-order valence-corrected chi connectivity index (χ2v) is 15.8. The third-order valence-corrected chi connectivity index (χ3v) is 13.2. The molecule has 2 aromatic heterocycles. The molecule has 250 valence electrons. The van der Waals surface area contributed by atoms with Crippen LogP contribution in [-0.4, -0.2) is 4.57 Å². The number of benzene rings is 7. The molecule has 0 fully saturated rings. The van der Waals surface area contributed by atoms with Crippen LogP contribution in [0.25, 0.3) is 60.4 Å². The Morgan fingerprint density at radius 2 is 1.32 bits per heavy atom. The molecule has 9 aromatic rings. The van der Waals surface area contributed by atoms with E-state index in [9.17, 15) is 0 Å². The maximum Gasteiger partial charge on any atom is 0.0716 e. The van der Waals surface area contributed by atoms with Crippen LogP contribution in [0, 0.1) is 0 Å². The van der Waals surface area contributed by atoms with Gasteiger partial charge in [-0.2, -0.15) is 0 Å². The van der Waals surface area contributed by atoms with Gasteiger partial charge in [0.25, 0.3) is 0 Å². The molecule has 0 spiro atoms. The van der Waals surface area contributed by atoms with Crippen LogP contribution < -0.4 is 15.3 Å². The van der Waals surface area contributed by atoms with Crippen LogP contribution in [0.15, 0.2) is 164 Å². The van der Waals surface area contributed by atoms with Crippen LogP contribution in [0.1, 0.15) is 46.0 Å². The first-order valence-corrected chi connectivity index (χ1v) is 19.5. The van der Waals surface area contributed by atoms with E-state index < -0.39 is 0 Å². The van der Waals surface area contributed by atoms with Crippen molar-refractivity contribution < 1.29 is 0 Å². The molecule has 1 aliphatic heterocycles. The lowest BCUT2D eigenvalue weighted by molar-refractivity contribution is 0.673. The third-order valence-electron chi connectivity index (χ3n) is 12.0. The minimum absolute atomic E-state index is 0.162. The SMILES string of the molecule is C1=C(c2ccc3c(c2)c2ccccc2n3C2C=c3ccccc3=CC2)c2sc3ccccc3c2C2C1c1ccccc1N2c1ccc2ccccc2c1. The fraction of sp³-hybridized carbons (Fsp3) is 0.0800. The summed E-state index contributed by atoms with van der Waals surface area (Å²) in [6.07, 6.45) is 8.45. The molecule has 3 heteroatoms. The standard InChI is InChI=1S/C50H34N2S/c1-3-13-33-27-36(24-21-31(33)11-1)51-44-18-8-5-15-38(44)42-29-35(23-26-46(42)51)41-30-43-39-16-6-9-19-45(39)52(37-25-22-32-12-2-4-14-34(32)28-37)49(43)48-40-17-7-10-20-47(40)53-50(41)48/h1-23,25-30,36,43,49H,24H2. The second-order valence-electron chi connectivity index (χ2n) is 14.8. The van der Waals surface area contributed by atoms with Crippen LogP contribution in [0.5, 0.6) is 0 Å². The Hall–Kier alpha value is -6.16. The second kappa shape index (κ2) is 11.2. The van der Waals surface area contributed by atoms with E-state index in [1.54, 1.807) is 0 Å². The summed E-state index contributed by atoms with van der Waals surface area (Å²) in [6.45, 7) is 0. The zero-order chi connectivity index (χ0) is 34.6. The first-order valence-electron chi connectivity index (χ1n) is 18.7. The minimum Gasteiger partial charge on any atom is -0.333 e. The highest BCUT2D eigenvalue weighted by Crippen LogP contribution is 2.60. The van der Waals surface area contributed by atoms with E-state index in [-0.39, 0.29) is 18.0 Å². The van der Waals surface area contributed by atoms with Crippen molar-refractivity contribution in [3.8, 4) is 0 Å². The van der Waals surface area contributed by atoms with Crippen molar-refractivity contribution in [3.63, 3.8) is 0 Å². The van der Waals surface area contributed by atoms with Gasteiger partial charge >= 0.3 is 0 Å². The lowest BCUT2D eigenvalue weighted by Gasteiger charge is -2.34. The highest BCUT2D eigenvalue weighted by molar-refractivity contribution is 7.20. The highest BCUT2D eigenvalue weighted by Gasteiger charge is 2.44. The summed E-state index contributed by atoms with van der Waals surface area (Å²) in [4.78, 5) is 4.02. The van der Waals surface area contributed by atoms with E-state index in [4.69, 9.17) is 0 Å². The molecule has 0 saturated carbocycles. The molecule has 0 saturated heterocycles. The Morgan fingerprint density at radius 3 is 2.26 bits per heavy atom. The first-order chi connectivity index (χ1) is 26.3. The van der Waals surface area contributed by atoms with Crippen LogP contribution in [0.3, 0.4) is 0 Å². The van der Waals surface area contributed by atoms with Crippen molar-refractivity contribution in [2.24, 2.45) is 0 Å². The van der Waals surface area contributed by atoms with E-state index in [0.717, 1.165) is 6.42 Å². The lowest BCUT2D eigenvalue weighted by Crippen LogP contribution is -2.29. The average Bonchev–Trinajstić information content (AvgIpc) is 3.88. The molecule has 3 aliphatic rings. The number of fused-ring (bicyclic) bond motifs is 12. The number of aromatic nitrogens is 1. The number of anilines is 2. The molecule has 2 aliphatic carbocycles. The van der Waals surface area contributed by atoms with Gasteiger partial charge in [0.2, 0.25) is 0 Å². The van der Waals surface area contributed by atoms with E-state index in [0.29, 0.717) is 0 Å². The topological polar surface area (TPSA) is 8.17 Å². The predicted molar refractivity (Wildman–Crippen MR) is 225 cm³/mol. The Kier molecular flexibility index (Phi) is 6.20. The van der Waals surface area contributed by atoms with Crippen molar-refractivity contribution in [1.29, 1.82) is 0 Å². The fourth-order valence-electron chi connectivity index (χ4n) is 9.71. The average molecular weight is 695 g/mol. The van der Waals surface area contributed by atoms with Crippen molar-refractivity contribution in [1.82, 2.24) is 4.57 Å². The summed E-state index contributed by atoms with van der Waals surface area (Å²) < 4.78 is 3.92. The molecule has 3 atom stereocenters. The zero-order valence-corrected chi connectivity index (χ0v) is 29.8. The first kappa shape index (κ1) is 29.4. The van der Waals surface area contributed by atoms with E-state index in [1.807, 2.05) is 11.3 Å². The Labute approximate surface area is 311 Å². The number of rotatable bonds is 3. The van der Waals surface area contributed by atoms with Crippen LogP contribution in [0.4, 0.5) is 11.4 Å². The number of hydrogen-bond donors (Lipinski definition) is 0. The maximum atomic E-state index is 2.63. The summed E-state index contributed by atoms with van der Waals surface area (Å²) in [5, 5.41) is 9.20. The van der Waals surface area contributed by atoms with Gasteiger partial charge in [0.05, 0.1) is 12.1 Å². The van der Waals surface area contributed by atoms with Gasteiger partial charge in [-0.15, -0.1) is 11.3 Å². The summed E-state index contributed by atoms with van der Waals surface area (Å²) in [5.74, 6) is 0.211. The monoisotopic (exact) mass is 694 g/mol. The molecule has 0 N–H and O–H groups in total. The molecule has 3 heterocycles. The van der Waals surface area contributed by atoms with Crippen molar-refractivity contribution >= 4 is 83.1 Å². The fourth-order valence-corrected chi connectivity index (χ4v) is 11.0. The number of nitrogens with zero attached hydrogens (tertiary/aromatic N) is 2. The van der Waals surface area contributed by atoms with Gasteiger partial charge in [0.15, 0.2) is 0 Å². The predicted octanol–water partition coefficient (Wildman–Crippen LogP) is 11.8. The van der Waals surface area contributed by atoms with E-state index >= 15 is 0 Å². The molecule has 0 amide bonds. The quantitative estimate of drug-likeness (QED) is 0.179. The van der Waals surface area contributed by atoms with Gasteiger partial charge in [0.1, 0.15) is 0 Å². The number of thiophene rings is 1. The summed E-state index contributed by atoms with van der Waals surface area (Å²) in [6, 6.07) is 59.3. The number of para-hydroxylation sites is 2. The van der Waals surface area contributed by atoms with Crippen LogP contribution in [0.2, 0.25) is 0 Å². The molecule has 3 unspecified atom stereocenters. The summed E-state index contributed by atoms with van der Waals surface area (Å²) in [7, 11) is 0. The third kappa shape index (κ3) is 4.26. The summed E-state index contributed by atoms with van der Waals surface area (Å²) in [5.41, 5.74) is 10.6. The Balaban J connectivity index is 1.07.